The number of carbonyl (C=O) groups excluding carboxylic acids is 3. The van der Waals surface area contributed by atoms with Crippen molar-refractivity contribution in [3.63, 3.8) is 0 Å². The first-order valence-electron chi connectivity index (χ1n) is 9.62. The molecule has 0 heterocycles. The Hall–Kier alpha value is -1.19. The van der Waals surface area contributed by atoms with E-state index in [1.807, 2.05) is 0 Å². The summed E-state index contributed by atoms with van der Waals surface area (Å²) in [5, 5.41) is 0. The van der Waals surface area contributed by atoms with Crippen molar-refractivity contribution in [1.29, 1.82) is 0 Å². The first-order chi connectivity index (χ1) is 11.3. The van der Waals surface area contributed by atoms with E-state index < -0.39 is 0 Å². The van der Waals surface area contributed by atoms with Crippen molar-refractivity contribution in [1.82, 2.24) is 0 Å². The van der Waals surface area contributed by atoms with Crippen LogP contribution in [0.4, 0.5) is 0 Å². The number of nitrogens with two attached hydrogens (primary N) is 1. The Morgan fingerprint density at radius 1 is 1.08 bits per heavy atom. The quantitative estimate of drug-likeness (QED) is 0.802. The zero-order valence-electron chi connectivity index (χ0n) is 14.8. The van der Waals surface area contributed by atoms with Crippen molar-refractivity contribution < 1.29 is 14.4 Å². The fourth-order valence-electron chi connectivity index (χ4n) is 7.07. The highest BCUT2D eigenvalue weighted by molar-refractivity contribution is 5.88. The van der Waals surface area contributed by atoms with Gasteiger partial charge in [0.05, 0.1) is 0 Å². The highest BCUT2D eigenvalue weighted by atomic mass is 16.1. The smallest absolute Gasteiger partial charge is 0.220 e. The molecule has 24 heavy (non-hydrogen) atoms. The van der Waals surface area contributed by atoms with Crippen LogP contribution in [0.25, 0.3) is 0 Å². The van der Waals surface area contributed by atoms with E-state index in [0.717, 1.165) is 32.1 Å². The fourth-order valence-corrected chi connectivity index (χ4v) is 7.07. The number of primary amides is 1. The van der Waals surface area contributed by atoms with Crippen molar-refractivity contribution in [3.05, 3.63) is 0 Å². The first-order valence-corrected chi connectivity index (χ1v) is 9.62. The lowest BCUT2D eigenvalue weighted by atomic mass is 9.44. The average Bonchev–Trinajstić information content (AvgIpc) is 2.83. The summed E-state index contributed by atoms with van der Waals surface area (Å²) in [5.74, 6) is 1.64. The topological polar surface area (TPSA) is 77.2 Å². The van der Waals surface area contributed by atoms with Gasteiger partial charge in [0.25, 0.3) is 0 Å². The molecule has 4 rings (SSSR count). The third kappa shape index (κ3) is 2.01. The van der Waals surface area contributed by atoms with Gasteiger partial charge < -0.3 is 5.73 Å². The summed E-state index contributed by atoms with van der Waals surface area (Å²) in [7, 11) is 0. The number of fused-ring (bicyclic) bond motifs is 5. The summed E-state index contributed by atoms with van der Waals surface area (Å²) in [6.07, 6.45) is 6.71. The van der Waals surface area contributed by atoms with Gasteiger partial charge in [-0.05, 0) is 61.7 Å². The largest absolute Gasteiger partial charge is 0.369 e. The van der Waals surface area contributed by atoms with Crippen LogP contribution in [-0.2, 0) is 14.4 Å². The highest BCUT2D eigenvalue weighted by Crippen LogP contribution is 2.65. The van der Waals surface area contributed by atoms with Crippen LogP contribution in [0.15, 0.2) is 0 Å². The van der Waals surface area contributed by atoms with E-state index in [1.54, 1.807) is 0 Å². The number of ketones is 2. The molecule has 0 aromatic heterocycles. The molecule has 4 nitrogen and oxygen atoms in total. The average molecular weight is 331 g/mol. The minimum absolute atomic E-state index is 0.00107. The molecule has 4 saturated carbocycles. The lowest BCUT2D eigenvalue weighted by molar-refractivity contribution is -0.159. The van der Waals surface area contributed by atoms with Crippen molar-refractivity contribution in [2.45, 2.75) is 65.2 Å². The molecule has 0 spiro atoms. The third-order valence-electron chi connectivity index (χ3n) is 8.57. The molecule has 2 N–H and O–H groups in total. The summed E-state index contributed by atoms with van der Waals surface area (Å²) < 4.78 is 0. The molecule has 7 atom stereocenters. The number of carbonyl (C=O) groups is 3. The van der Waals surface area contributed by atoms with E-state index in [-0.39, 0.29) is 28.6 Å². The minimum Gasteiger partial charge on any atom is -0.369 e. The molecule has 1 amide bonds. The summed E-state index contributed by atoms with van der Waals surface area (Å²) in [4.78, 5) is 37.0. The van der Waals surface area contributed by atoms with E-state index in [2.05, 4.69) is 13.8 Å². The van der Waals surface area contributed by atoms with Gasteiger partial charge in [-0.1, -0.05) is 13.8 Å². The molecule has 2 unspecified atom stereocenters. The van der Waals surface area contributed by atoms with Gasteiger partial charge in [-0.15, -0.1) is 0 Å². The van der Waals surface area contributed by atoms with Crippen LogP contribution in [0, 0.1) is 40.4 Å². The van der Waals surface area contributed by atoms with Crippen molar-refractivity contribution in [2.75, 3.05) is 0 Å². The van der Waals surface area contributed by atoms with Crippen LogP contribution in [0.1, 0.15) is 65.2 Å². The van der Waals surface area contributed by atoms with E-state index in [4.69, 9.17) is 5.73 Å². The summed E-state index contributed by atoms with van der Waals surface area (Å²) in [5.41, 5.74) is 5.34. The molecule has 0 aliphatic heterocycles. The predicted molar refractivity (Wildman–Crippen MR) is 89.8 cm³/mol. The highest BCUT2D eigenvalue weighted by Gasteiger charge is 2.62. The second kappa shape index (κ2) is 5.15. The van der Waals surface area contributed by atoms with Crippen LogP contribution in [0.3, 0.4) is 0 Å². The van der Waals surface area contributed by atoms with Gasteiger partial charge in [-0.2, -0.15) is 0 Å². The number of hydrogen-bond donors (Lipinski definition) is 1. The van der Waals surface area contributed by atoms with E-state index in [0.29, 0.717) is 48.6 Å². The third-order valence-corrected chi connectivity index (χ3v) is 8.57. The minimum atomic E-state index is -0.246. The van der Waals surface area contributed by atoms with Crippen LogP contribution in [0.2, 0.25) is 0 Å². The maximum Gasteiger partial charge on any atom is 0.220 e. The van der Waals surface area contributed by atoms with Crippen LogP contribution in [-0.4, -0.2) is 17.5 Å². The van der Waals surface area contributed by atoms with Crippen molar-refractivity contribution >= 4 is 17.5 Å². The number of amides is 1. The van der Waals surface area contributed by atoms with Gasteiger partial charge in [0, 0.05) is 30.1 Å². The monoisotopic (exact) mass is 331 g/mol. The Morgan fingerprint density at radius 3 is 2.54 bits per heavy atom. The second-order valence-electron chi connectivity index (χ2n) is 9.40. The number of hydrogen-bond acceptors (Lipinski definition) is 3. The zero-order chi connectivity index (χ0) is 17.3. The van der Waals surface area contributed by atoms with Crippen LogP contribution < -0.4 is 5.73 Å². The van der Waals surface area contributed by atoms with Gasteiger partial charge >= 0.3 is 0 Å². The lowest BCUT2D eigenvalue weighted by Crippen LogP contribution is -2.57. The molecule has 0 bridgehead atoms. The first kappa shape index (κ1) is 16.3. The van der Waals surface area contributed by atoms with E-state index >= 15 is 0 Å². The summed E-state index contributed by atoms with van der Waals surface area (Å²) in [6, 6.07) is 0. The lowest BCUT2D eigenvalue weighted by Gasteiger charge is -2.59. The number of rotatable bonds is 1. The van der Waals surface area contributed by atoms with Crippen LogP contribution in [0.5, 0.6) is 0 Å². The molecule has 4 fully saturated rings. The van der Waals surface area contributed by atoms with Crippen molar-refractivity contribution in [3.8, 4) is 0 Å². The Labute approximate surface area is 143 Å². The Balaban J connectivity index is 1.66. The normalized spacial score (nSPS) is 50.8. The molecule has 4 aliphatic carbocycles. The standard InChI is InChI=1S/C20H29NO3/c1-19-7-5-11(18(21)24)9-15(19)16(22)10-12-13-3-4-17(23)20(13,2)8-6-14(12)19/h11-15H,3-10H2,1-2H3,(H2,21,24)/t11?,12-,13-,14-,15?,19+,20-/m0/s1. The van der Waals surface area contributed by atoms with E-state index in [1.165, 1.54) is 0 Å². The molecule has 4 aliphatic rings. The molecule has 0 radical (unpaired) electrons. The predicted octanol–water partition coefficient (Wildman–Crippen LogP) is 2.88. The molecule has 132 valence electrons. The van der Waals surface area contributed by atoms with Crippen LogP contribution >= 0.6 is 0 Å². The molecular weight excluding hydrogens is 302 g/mol. The summed E-state index contributed by atoms with van der Waals surface area (Å²) in [6.45, 7) is 4.43. The van der Waals surface area contributed by atoms with Gasteiger partial charge in [-0.3, -0.25) is 14.4 Å². The molecule has 0 aromatic carbocycles. The molecule has 0 saturated heterocycles. The van der Waals surface area contributed by atoms with Gasteiger partial charge in [-0.25, -0.2) is 0 Å². The second-order valence-corrected chi connectivity index (χ2v) is 9.40. The Morgan fingerprint density at radius 2 is 1.83 bits per heavy atom. The van der Waals surface area contributed by atoms with E-state index in [9.17, 15) is 14.4 Å². The maximum absolute atomic E-state index is 13.0. The SMILES string of the molecule is C[C@]12CCC(C(N)=O)CC1C(=O)C[C@@H]1[C@@H]2CC[C@]2(C)C(=O)CC[C@@H]12. The van der Waals surface area contributed by atoms with Gasteiger partial charge in [0.1, 0.15) is 11.6 Å². The molecular formula is C20H29NO3. The summed E-state index contributed by atoms with van der Waals surface area (Å²) >= 11 is 0. The Kier molecular flexibility index (Phi) is 3.50. The van der Waals surface area contributed by atoms with Gasteiger partial charge in [0.2, 0.25) is 5.91 Å². The maximum atomic E-state index is 13.0. The number of Topliss-reactive ketones (excluding diaryl/α,β-unsaturated/α-hetero) is 2. The van der Waals surface area contributed by atoms with Crippen molar-refractivity contribution in [2.24, 2.45) is 46.2 Å². The zero-order valence-corrected chi connectivity index (χ0v) is 14.8. The Bertz CT molecular complexity index is 614. The molecule has 0 aromatic rings. The molecule has 4 heteroatoms. The fraction of sp³-hybridized carbons (Fsp3) is 0.850. The van der Waals surface area contributed by atoms with Gasteiger partial charge in [0.15, 0.2) is 0 Å².